The molecule has 0 aliphatic carbocycles. The van der Waals surface area contributed by atoms with Crippen molar-refractivity contribution in [1.29, 1.82) is 0 Å². The molecule has 0 saturated carbocycles. The first-order valence-electron chi connectivity index (χ1n) is 8.05. The molecule has 10 nitrogen and oxygen atoms in total. The Labute approximate surface area is 143 Å². The Morgan fingerprint density at radius 3 is 2.40 bits per heavy atom. The highest BCUT2D eigenvalue weighted by molar-refractivity contribution is 5.81. The maximum Gasteiger partial charge on any atom is 0.299 e. The molecule has 2 saturated heterocycles. The molecule has 1 aromatic rings. The first-order valence-corrected chi connectivity index (χ1v) is 8.05. The summed E-state index contributed by atoms with van der Waals surface area (Å²) in [5, 5.41) is 22.1. The van der Waals surface area contributed by atoms with Gasteiger partial charge in [-0.2, -0.15) is 0 Å². The summed E-state index contributed by atoms with van der Waals surface area (Å²) in [6.45, 7) is 2.33. The number of ether oxygens (including phenoxy) is 1. The largest absolute Gasteiger partial charge is 0.368 e. The fraction of sp³-hybridized carbons (Fsp3) is 0.533. The predicted octanol–water partition coefficient (Wildman–Crippen LogP) is 1.33. The van der Waals surface area contributed by atoms with Gasteiger partial charge >= 0.3 is 0 Å². The number of rotatable bonds is 4. The van der Waals surface area contributed by atoms with E-state index in [1.165, 1.54) is 12.1 Å². The van der Waals surface area contributed by atoms with E-state index in [0.29, 0.717) is 38.5 Å². The molecule has 1 aromatic carbocycles. The molecule has 1 atom stereocenters. The van der Waals surface area contributed by atoms with E-state index in [9.17, 15) is 25.0 Å². The summed E-state index contributed by atoms with van der Waals surface area (Å²) in [7, 11) is 0. The van der Waals surface area contributed by atoms with Crippen LogP contribution in [0.2, 0.25) is 0 Å². The van der Waals surface area contributed by atoms with E-state index in [0.717, 1.165) is 18.9 Å². The van der Waals surface area contributed by atoms with Crippen molar-refractivity contribution >= 4 is 23.0 Å². The standard InChI is InChI=1S/C15H18N4O6/c20-15(14-2-1-9-25-14)17-7-5-16(6-8-17)12-4-3-11(18(21)22)10-13(12)19(23)24/h3-4,10,14H,1-2,5-9H2. The number of anilines is 1. The van der Waals surface area contributed by atoms with E-state index in [4.69, 9.17) is 4.74 Å². The average molecular weight is 350 g/mol. The molecule has 25 heavy (non-hydrogen) atoms. The van der Waals surface area contributed by atoms with E-state index in [2.05, 4.69) is 0 Å². The highest BCUT2D eigenvalue weighted by Crippen LogP contribution is 2.32. The molecule has 0 N–H and O–H groups in total. The second kappa shape index (κ2) is 7.01. The van der Waals surface area contributed by atoms with Crippen molar-refractivity contribution in [2.24, 2.45) is 0 Å². The number of nitro benzene ring substituents is 2. The number of amides is 1. The SMILES string of the molecule is O=C(C1CCCO1)N1CCN(c2ccc([N+](=O)[O-])cc2[N+](=O)[O-])CC1. The van der Waals surface area contributed by atoms with E-state index < -0.39 is 9.85 Å². The van der Waals surface area contributed by atoms with Gasteiger partial charge in [-0.3, -0.25) is 25.0 Å². The van der Waals surface area contributed by atoms with Gasteiger partial charge in [0.15, 0.2) is 0 Å². The number of nitrogens with zero attached hydrogens (tertiary/aromatic N) is 4. The number of carbonyl (C=O) groups excluding carboxylic acids is 1. The number of hydrogen-bond donors (Lipinski definition) is 0. The normalized spacial score (nSPS) is 20.6. The van der Waals surface area contributed by atoms with Gasteiger partial charge in [0.1, 0.15) is 11.8 Å². The molecule has 2 aliphatic rings. The van der Waals surface area contributed by atoms with Crippen LogP contribution in [0.3, 0.4) is 0 Å². The minimum Gasteiger partial charge on any atom is -0.368 e. The molecule has 1 unspecified atom stereocenters. The summed E-state index contributed by atoms with van der Waals surface area (Å²) in [4.78, 5) is 36.6. The van der Waals surface area contributed by atoms with Crippen LogP contribution in [-0.2, 0) is 9.53 Å². The zero-order chi connectivity index (χ0) is 18.0. The van der Waals surface area contributed by atoms with Crippen molar-refractivity contribution in [2.75, 3.05) is 37.7 Å². The molecule has 2 aliphatic heterocycles. The molecule has 2 fully saturated rings. The second-order valence-electron chi connectivity index (χ2n) is 6.00. The lowest BCUT2D eigenvalue weighted by Crippen LogP contribution is -2.51. The van der Waals surface area contributed by atoms with Crippen LogP contribution in [-0.4, -0.2) is 59.5 Å². The summed E-state index contributed by atoms with van der Waals surface area (Å²) in [6.07, 6.45) is 1.23. The maximum absolute atomic E-state index is 12.3. The van der Waals surface area contributed by atoms with E-state index in [1.807, 2.05) is 0 Å². The van der Waals surface area contributed by atoms with Crippen LogP contribution < -0.4 is 4.90 Å². The fourth-order valence-corrected chi connectivity index (χ4v) is 3.18. The van der Waals surface area contributed by atoms with Gasteiger partial charge in [-0.15, -0.1) is 0 Å². The predicted molar refractivity (Wildman–Crippen MR) is 87.5 cm³/mol. The van der Waals surface area contributed by atoms with Gasteiger partial charge in [0.25, 0.3) is 17.3 Å². The maximum atomic E-state index is 12.3. The molecular formula is C15H18N4O6. The zero-order valence-corrected chi connectivity index (χ0v) is 13.5. The number of carbonyl (C=O) groups is 1. The summed E-state index contributed by atoms with van der Waals surface area (Å²) < 4.78 is 5.41. The Kier molecular flexibility index (Phi) is 4.79. The van der Waals surface area contributed by atoms with Crippen molar-refractivity contribution in [3.05, 3.63) is 38.4 Å². The molecule has 0 aromatic heterocycles. The van der Waals surface area contributed by atoms with Crippen LogP contribution in [0.15, 0.2) is 18.2 Å². The Bertz CT molecular complexity index is 695. The molecular weight excluding hydrogens is 332 g/mol. The summed E-state index contributed by atoms with van der Waals surface area (Å²) in [6, 6.07) is 3.62. The van der Waals surface area contributed by atoms with Gasteiger partial charge in [0.05, 0.1) is 15.9 Å². The molecule has 2 heterocycles. The lowest BCUT2D eigenvalue weighted by Gasteiger charge is -2.36. The monoisotopic (exact) mass is 350 g/mol. The average Bonchev–Trinajstić information content (AvgIpc) is 3.15. The zero-order valence-electron chi connectivity index (χ0n) is 13.5. The van der Waals surface area contributed by atoms with Gasteiger partial charge < -0.3 is 14.5 Å². The van der Waals surface area contributed by atoms with Crippen LogP contribution >= 0.6 is 0 Å². The van der Waals surface area contributed by atoms with Crippen LogP contribution in [0, 0.1) is 20.2 Å². The van der Waals surface area contributed by atoms with Crippen LogP contribution in [0.25, 0.3) is 0 Å². The summed E-state index contributed by atoms with van der Waals surface area (Å²) in [5.74, 6) is -0.0321. The molecule has 134 valence electrons. The molecule has 3 rings (SSSR count). The van der Waals surface area contributed by atoms with E-state index >= 15 is 0 Å². The lowest BCUT2D eigenvalue weighted by atomic mass is 10.1. The van der Waals surface area contributed by atoms with Gasteiger partial charge in [-0.25, -0.2) is 0 Å². The molecule has 0 radical (unpaired) electrons. The van der Waals surface area contributed by atoms with Crippen molar-refractivity contribution in [3.8, 4) is 0 Å². The second-order valence-corrected chi connectivity index (χ2v) is 6.00. The van der Waals surface area contributed by atoms with Crippen molar-refractivity contribution in [1.82, 2.24) is 4.90 Å². The Morgan fingerprint density at radius 2 is 1.84 bits per heavy atom. The van der Waals surface area contributed by atoms with Gasteiger partial charge in [-0.05, 0) is 18.9 Å². The third-order valence-corrected chi connectivity index (χ3v) is 4.50. The fourth-order valence-electron chi connectivity index (χ4n) is 3.18. The number of piperazine rings is 1. The van der Waals surface area contributed by atoms with Gasteiger partial charge in [-0.1, -0.05) is 0 Å². The summed E-state index contributed by atoms with van der Waals surface area (Å²) in [5.41, 5.74) is -0.282. The topological polar surface area (TPSA) is 119 Å². The van der Waals surface area contributed by atoms with E-state index in [-0.39, 0.29) is 23.4 Å². The van der Waals surface area contributed by atoms with Crippen molar-refractivity contribution in [2.45, 2.75) is 18.9 Å². The summed E-state index contributed by atoms with van der Waals surface area (Å²) >= 11 is 0. The van der Waals surface area contributed by atoms with Gasteiger partial charge in [0, 0.05) is 38.9 Å². The highest BCUT2D eigenvalue weighted by Gasteiger charge is 2.32. The Morgan fingerprint density at radius 1 is 1.12 bits per heavy atom. The Hall–Kier alpha value is -2.75. The highest BCUT2D eigenvalue weighted by atomic mass is 16.6. The number of hydrogen-bond acceptors (Lipinski definition) is 7. The third-order valence-electron chi connectivity index (χ3n) is 4.50. The van der Waals surface area contributed by atoms with Gasteiger partial charge in [0.2, 0.25) is 0 Å². The molecule has 0 bridgehead atoms. The Balaban J connectivity index is 1.71. The van der Waals surface area contributed by atoms with Crippen LogP contribution in [0.4, 0.5) is 17.1 Å². The lowest BCUT2D eigenvalue weighted by molar-refractivity contribution is -0.393. The first kappa shape index (κ1) is 17.1. The molecule has 0 spiro atoms. The number of nitro groups is 2. The molecule has 10 heteroatoms. The van der Waals surface area contributed by atoms with Crippen molar-refractivity contribution in [3.63, 3.8) is 0 Å². The first-order chi connectivity index (χ1) is 12.0. The van der Waals surface area contributed by atoms with Crippen LogP contribution in [0.5, 0.6) is 0 Å². The number of benzene rings is 1. The van der Waals surface area contributed by atoms with E-state index in [1.54, 1.807) is 9.80 Å². The number of non-ortho nitro benzene ring substituents is 1. The minimum atomic E-state index is -0.658. The minimum absolute atomic E-state index is 0.0321. The quantitative estimate of drug-likeness (QED) is 0.593. The van der Waals surface area contributed by atoms with Crippen molar-refractivity contribution < 1.29 is 19.4 Å². The third kappa shape index (κ3) is 3.53. The van der Waals surface area contributed by atoms with Crippen LogP contribution in [0.1, 0.15) is 12.8 Å². The smallest absolute Gasteiger partial charge is 0.299 e. The molecule has 1 amide bonds.